The summed E-state index contributed by atoms with van der Waals surface area (Å²) in [5, 5.41) is 0.776. The predicted molar refractivity (Wildman–Crippen MR) is 71.3 cm³/mol. The van der Waals surface area contributed by atoms with Gasteiger partial charge in [0.1, 0.15) is 11.6 Å². The molecular formula is C12H13BrFN3. The molecular weight excluding hydrogens is 285 g/mol. The number of fused-ring (bicyclic) bond motifs is 1. The molecule has 0 fully saturated rings. The monoisotopic (exact) mass is 297 g/mol. The van der Waals surface area contributed by atoms with Gasteiger partial charge in [0.15, 0.2) is 0 Å². The summed E-state index contributed by atoms with van der Waals surface area (Å²) < 4.78 is 14.1. The lowest BCUT2D eigenvalue weighted by molar-refractivity contribution is 0.622. The summed E-state index contributed by atoms with van der Waals surface area (Å²) in [5.74, 6) is 5.81. The molecule has 0 saturated heterocycles. The van der Waals surface area contributed by atoms with E-state index in [9.17, 15) is 4.39 Å². The highest BCUT2D eigenvalue weighted by atomic mass is 79.9. The van der Waals surface area contributed by atoms with Crippen molar-refractivity contribution < 1.29 is 4.39 Å². The molecule has 90 valence electrons. The quantitative estimate of drug-likeness (QED) is 0.660. The van der Waals surface area contributed by atoms with E-state index in [1.54, 1.807) is 0 Å². The zero-order valence-corrected chi connectivity index (χ0v) is 11.2. The van der Waals surface area contributed by atoms with Crippen LogP contribution in [-0.2, 0) is 6.42 Å². The Morgan fingerprint density at radius 3 is 2.76 bits per heavy atom. The molecule has 3 N–H and O–H groups in total. The van der Waals surface area contributed by atoms with Crippen LogP contribution in [0.15, 0.2) is 16.6 Å². The van der Waals surface area contributed by atoms with E-state index in [2.05, 4.69) is 26.3 Å². The first-order chi connectivity index (χ1) is 8.08. The molecule has 0 unspecified atom stereocenters. The van der Waals surface area contributed by atoms with E-state index in [1.807, 2.05) is 19.9 Å². The Morgan fingerprint density at radius 2 is 2.18 bits per heavy atom. The lowest BCUT2D eigenvalue weighted by Crippen LogP contribution is -2.11. The van der Waals surface area contributed by atoms with Gasteiger partial charge in [0, 0.05) is 5.39 Å². The van der Waals surface area contributed by atoms with Crippen LogP contribution in [0, 0.1) is 12.7 Å². The topological polar surface area (TPSA) is 50.9 Å². The fourth-order valence-electron chi connectivity index (χ4n) is 1.87. The summed E-state index contributed by atoms with van der Waals surface area (Å²) in [6.45, 7) is 3.83. The van der Waals surface area contributed by atoms with Crippen LogP contribution in [0.2, 0.25) is 0 Å². The summed E-state index contributed by atoms with van der Waals surface area (Å²) in [6.07, 6.45) is 0.782. The van der Waals surface area contributed by atoms with Crippen LogP contribution in [0.25, 0.3) is 10.9 Å². The van der Waals surface area contributed by atoms with Gasteiger partial charge in [-0.25, -0.2) is 15.2 Å². The normalized spacial score (nSPS) is 10.9. The summed E-state index contributed by atoms with van der Waals surface area (Å²) in [4.78, 5) is 4.43. The van der Waals surface area contributed by atoms with Crippen LogP contribution in [-0.4, -0.2) is 4.98 Å². The molecule has 17 heavy (non-hydrogen) atoms. The Balaban J connectivity index is 2.87. The van der Waals surface area contributed by atoms with E-state index in [0.717, 1.165) is 28.5 Å². The summed E-state index contributed by atoms with van der Waals surface area (Å²) in [6, 6.07) is 3.38. The van der Waals surface area contributed by atoms with E-state index in [1.165, 1.54) is 6.07 Å². The van der Waals surface area contributed by atoms with Gasteiger partial charge in [0.25, 0.3) is 0 Å². The molecule has 3 nitrogen and oxygen atoms in total. The minimum Gasteiger partial charge on any atom is -0.308 e. The molecule has 0 radical (unpaired) electrons. The number of hydrogen-bond donors (Lipinski definition) is 2. The zero-order valence-electron chi connectivity index (χ0n) is 9.64. The van der Waals surface area contributed by atoms with E-state index in [4.69, 9.17) is 5.84 Å². The number of rotatable bonds is 2. The maximum atomic E-state index is 13.6. The Morgan fingerprint density at radius 1 is 1.47 bits per heavy atom. The van der Waals surface area contributed by atoms with Crippen molar-refractivity contribution in [3.05, 3.63) is 33.5 Å². The van der Waals surface area contributed by atoms with Crippen LogP contribution >= 0.6 is 15.9 Å². The Hall–Kier alpha value is -1.20. The largest absolute Gasteiger partial charge is 0.308 e. The molecule has 1 heterocycles. The van der Waals surface area contributed by atoms with Gasteiger partial charge in [-0.2, -0.15) is 0 Å². The summed E-state index contributed by atoms with van der Waals surface area (Å²) >= 11 is 3.26. The molecule has 1 aromatic heterocycles. The van der Waals surface area contributed by atoms with Crippen molar-refractivity contribution in [1.29, 1.82) is 0 Å². The van der Waals surface area contributed by atoms with Crippen molar-refractivity contribution >= 4 is 32.7 Å². The minimum absolute atomic E-state index is 0.271. The van der Waals surface area contributed by atoms with Gasteiger partial charge in [-0.05, 0) is 52.5 Å². The average Bonchev–Trinajstić information content (AvgIpc) is 2.34. The third kappa shape index (κ3) is 2.00. The van der Waals surface area contributed by atoms with Crippen LogP contribution in [0.4, 0.5) is 10.2 Å². The Kier molecular flexibility index (Phi) is 3.31. The van der Waals surface area contributed by atoms with Crippen molar-refractivity contribution in [1.82, 2.24) is 4.98 Å². The zero-order chi connectivity index (χ0) is 12.6. The van der Waals surface area contributed by atoms with Gasteiger partial charge < -0.3 is 5.43 Å². The maximum Gasteiger partial charge on any atom is 0.143 e. The van der Waals surface area contributed by atoms with Crippen molar-refractivity contribution in [3.8, 4) is 0 Å². The van der Waals surface area contributed by atoms with Crippen molar-refractivity contribution in [2.24, 2.45) is 5.84 Å². The molecule has 0 aliphatic heterocycles. The SMILES string of the molecule is CCc1cc2c(Br)c(F)cc(C)c2nc1NN. The number of hydrazine groups is 1. The smallest absolute Gasteiger partial charge is 0.143 e. The van der Waals surface area contributed by atoms with E-state index >= 15 is 0 Å². The van der Waals surface area contributed by atoms with Crippen LogP contribution < -0.4 is 11.3 Å². The van der Waals surface area contributed by atoms with Gasteiger partial charge in [-0.3, -0.25) is 0 Å². The third-order valence-corrected chi connectivity index (χ3v) is 3.59. The molecule has 5 heteroatoms. The van der Waals surface area contributed by atoms with E-state index < -0.39 is 0 Å². The van der Waals surface area contributed by atoms with Crippen LogP contribution in [0.5, 0.6) is 0 Å². The fraction of sp³-hybridized carbons (Fsp3) is 0.250. The lowest BCUT2D eigenvalue weighted by atomic mass is 10.1. The Labute approximate surface area is 107 Å². The minimum atomic E-state index is -0.271. The number of benzene rings is 1. The lowest BCUT2D eigenvalue weighted by Gasteiger charge is -2.11. The fourth-order valence-corrected chi connectivity index (χ4v) is 2.28. The highest BCUT2D eigenvalue weighted by Gasteiger charge is 2.12. The molecule has 0 spiro atoms. The molecule has 0 bridgehead atoms. The van der Waals surface area contributed by atoms with Gasteiger partial charge >= 0.3 is 0 Å². The molecule has 0 aliphatic rings. The van der Waals surface area contributed by atoms with Crippen molar-refractivity contribution in [2.45, 2.75) is 20.3 Å². The maximum absolute atomic E-state index is 13.6. The van der Waals surface area contributed by atoms with Gasteiger partial charge in [-0.15, -0.1) is 0 Å². The number of nitrogen functional groups attached to an aromatic ring is 1. The second-order valence-electron chi connectivity index (χ2n) is 3.88. The molecule has 2 rings (SSSR count). The second kappa shape index (κ2) is 4.58. The van der Waals surface area contributed by atoms with Crippen LogP contribution in [0.1, 0.15) is 18.1 Å². The molecule has 0 amide bonds. The molecule has 1 aromatic carbocycles. The van der Waals surface area contributed by atoms with Gasteiger partial charge in [-0.1, -0.05) is 6.92 Å². The van der Waals surface area contributed by atoms with Gasteiger partial charge in [0.2, 0.25) is 0 Å². The Bertz CT molecular complexity index is 584. The number of aryl methyl sites for hydroxylation is 2. The average molecular weight is 298 g/mol. The number of nitrogens with one attached hydrogen (secondary N) is 1. The summed E-state index contributed by atoms with van der Waals surface area (Å²) in [5.41, 5.74) is 5.09. The highest BCUT2D eigenvalue weighted by molar-refractivity contribution is 9.10. The highest BCUT2D eigenvalue weighted by Crippen LogP contribution is 2.31. The van der Waals surface area contributed by atoms with Crippen molar-refractivity contribution in [2.75, 3.05) is 5.43 Å². The number of anilines is 1. The first-order valence-corrected chi connectivity index (χ1v) is 6.12. The number of aromatic nitrogens is 1. The predicted octanol–water partition coefficient (Wildman–Crippen LogP) is 3.29. The second-order valence-corrected chi connectivity index (χ2v) is 4.67. The molecule has 0 aliphatic carbocycles. The van der Waals surface area contributed by atoms with E-state index in [0.29, 0.717) is 10.3 Å². The number of pyridine rings is 1. The summed E-state index contributed by atoms with van der Waals surface area (Å²) in [7, 11) is 0. The standard InChI is InChI=1S/C12H13BrFN3/c1-3-7-5-8-10(13)9(14)4-6(2)11(8)16-12(7)17-15/h4-5H,3,15H2,1-2H3,(H,16,17). The third-order valence-electron chi connectivity index (χ3n) is 2.78. The van der Waals surface area contributed by atoms with Crippen LogP contribution in [0.3, 0.4) is 0 Å². The number of nitrogens with two attached hydrogens (primary N) is 1. The van der Waals surface area contributed by atoms with Gasteiger partial charge in [0.05, 0.1) is 9.99 Å². The molecule has 2 aromatic rings. The number of hydrogen-bond acceptors (Lipinski definition) is 3. The molecule has 0 atom stereocenters. The number of nitrogens with zero attached hydrogens (tertiary/aromatic N) is 1. The molecule has 0 saturated carbocycles. The van der Waals surface area contributed by atoms with Crippen molar-refractivity contribution in [3.63, 3.8) is 0 Å². The van der Waals surface area contributed by atoms with E-state index in [-0.39, 0.29) is 5.82 Å². The number of halogens is 2. The first kappa shape index (κ1) is 12.3. The first-order valence-electron chi connectivity index (χ1n) is 5.33.